The van der Waals surface area contributed by atoms with Crippen LogP contribution in [-0.2, 0) is 17.8 Å². The monoisotopic (exact) mass is 340 g/mol. The van der Waals surface area contributed by atoms with E-state index in [0.29, 0.717) is 19.4 Å². The molecule has 0 radical (unpaired) electrons. The minimum atomic E-state index is -0.0176. The molecule has 0 spiro atoms. The molecule has 0 atom stereocenters. The van der Waals surface area contributed by atoms with E-state index in [0.717, 1.165) is 32.5 Å². The fourth-order valence-corrected chi connectivity index (χ4v) is 3.31. The fourth-order valence-electron chi connectivity index (χ4n) is 2.56. The molecule has 0 bridgehead atoms. The molecule has 0 aliphatic rings. The Morgan fingerprint density at radius 1 is 1.33 bits per heavy atom. The van der Waals surface area contributed by atoms with E-state index in [9.17, 15) is 4.79 Å². The summed E-state index contributed by atoms with van der Waals surface area (Å²) in [5.74, 6) is 0.810. The minimum Gasteiger partial charge on any atom is -0.350 e. The number of nitrogens with zero attached hydrogens (tertiary/aromatic N) is 4. The second kappa shape index (κ2) is 6.04. The Morgan fingerprint density at radius 2 is 2.21 bits per heavy atom. The van der Waals surface area contributed by atoms with E-state index < -0.39 is 0 Å². The van der Waals surface area contributed by atoms with Gasteiger partial charge < -0.3 is 10.3 Å². The number of hydrogen-bond donors (Lipinski definition) is 2. The molecule has 122 valence electrons. The third-order valence-corrected chi connectivity index (χ3v) is 4.53. The normalized spacial score (nSPS) is 11.4. The van der Waals surface area contributed by atoms with Crippen molar-refractivity contribution in [1.82, 2.24) is 29.9 Å². The van der Waals surface area contributed by atoms with Gasteiger partial charge in [0.2, 0.25) is 10.9 Å². The van der Waals surface area contributed by atoms with Crippen molar-refractivity contribution in [3.8, 4) is 0 Å². The second-order valence-corrected chi connectivity index (χ2v) is 6.72. The third-order valence-electron chi connectivity index (χ3n) is 3.69. The van der Waals surface area contributed by atoms with Crippen LogP contribution in [-0.4, -0.2) is 30.5 Å². The number of aromatic nitrogens is 5. The molecular weight excluding hydrogens is 324 g/mol. The molecule has 0 aliphatic carbocycles. The van der Waals surface area contributed by atoms with Gasteiger partial charge in [0.1, 0.15) is 10.8 Å². The third kappa shape index (κ3) is 3.00. The van der Waals surface area contributed by atoms with Gasteiger partial charge in [0.25, 0.3) is 0 Å². The van der Waals surface area contributed by atoms with Gasteiger partial charge in [0.15, 0.2) is 0 Å². The van der Waals surface area contributed by atoms with E-state index in [-0.39, 0.29) is 5.91 Å². The van der Waals surface area contributed by atoms with Crippen LogP contribution in [0.2, 0.25) is 0 Å². The van der Waals surface area contributed by atoms with Crippen molar-refractivity contribution in [2.75, 3.05) is 0 Å². The number of para-hydroxylation sites is 2. The summed E-state index contributed by atoms with van der Waals surface area (Å²) in [5.41, 5.74) is 2.73. The predicted molar refractivity (Wildman–Crippen MR) is 91.9 cm³/mol. The highest BCUT2D eigenvalue weighted by atomic mass is 32.1. The number of nitrogens with one attached hydrogen (secondary N) is 2. The summed E-state index contributed by atoms with van der Waals surface area (Å²) >= 11 is 1.53. The topological polar surface area (TPSA) is 88.0 Å². The lowest BCUT2D eigenvalue weighted by Crippen LogP contribution is -2.23. The lowest BCUT2D eigenvalue weighted by Gasteiger charge is -2.01. The molecule has 24 heavy (non-hydrogen) atoms. The number of fused-ring (bicyclic) bond motifs is 2. The van der Waals surface area contributed by atoms with Gasteiger partial charge in [-0.05, 0) is 19.1 Å². The van der Waals surface area contributed by atoms with E-state index in [1.807, 2.05) is 37.4 Å². The first-order chi connectivity index (χ1) is 11.7. The average molecular weight is 340 g/mol. The van der Waals surface area contributed by atoms with Gasteiger partial charge in [0.05, 0.1) is 29.5 Å². The first-order valence-electron chi connectivity index (χ1n) is 7.69. The second-order valence-electron chi connectivity index (χ2n) is 5.56. The molecule has 3 heterocycles. The number of imidazole rings is 2. The highest BCUT2D eigenvalue weighted by Crippen LogP contribution is 2.13. The molecule has 4 aromatic rings. The van der Waals surface area contributed by atoms with Gasteiger partial charge in [0, 0.05) is 12.8 Å². The standard InChI is InChI=1S/C16H16N6OS/c1-10-21-22-9-11(18-16(22)24-10)8-17-15(23)7-6-14-19-12-4-2-3-5-13(12)20-14/h2-5,9H,6-8H2,1H3,(H,17,23)(H,19,20). The molecule has 0 saturated heterocycles. The molecule has 3 aromatic heterocycles. The largest absolute Gasteiger partial charge is 0.350 e. The zero-order chi connectivity index (χ0) is 16.5. The quantitative estimate of drug-likeness (QED) is 0.583. The molecule has 0 fully saturated rings. The highest BCUT2D eigenvalue weighted by molar-refractivity contribution is 7.16. The Bertz CT molecular complexity index is 950. The van der Waals surface area contributed by atoms with Gasteiger partial charge >= 0.3 is 0 Å². The van der Waals surface area contributed by atoms with Crippen LogP contribution >= 0.6 is 11.3 Å². The van der Waals surface area contributed by atoms with Gasteiger partial charge in [-0.25, -0.2) is 14.5 Å². The number of carbonyl (C=O) groups is 1. The number of aromatic amines is 1. The number of benzene rings is 1. The Kier molecular flexibility index (Phi) is 3.73. The summed E-state index contributed by atoms with van der Waals surface area (Å²) in [6, 6.07) is 7.84. The fraction of sp³-hybridized carbons (Fsp3) is 0.250. The minimum absolute atomic E-state index is 0.0176. The Morgan fingerprint density at radius 3 is 3.04 bits per heavy atom. The maximum absolute atomic E-state index is 12.0. The van der Waals surface area contributed by atoms with Crippen molar-refractivity contribution in [1.29, 1.82) is 0 Å². The van der Waals surface area contributed by atoms with Crippen LogP contribution in [0.5, 0.6) is 0 Å². The number of hydrogen-bond acceptors (Lipinski definition) is 5. The Balaban J connectivity index is 1.32. The smallest absolute Gasteiger partial charge is 0.220 e. The Hall–Kier alpha value is -2.74. The number of amides is 1. The van der Waals surface area contributed by atoms with Gasteiger partial charge in [-0.3, -0.25) is 4.79 Å². The zero-order valence-electron chi connectivity index (χ0n) is 13.1. The van der Waals surface area contributed by atoms with E-state index in [1.165, 1.54) is 11.3 Å². The number of aryl methyl sites for hydroxylation is 2. The van der Waals surface area contributed by atoms with Crippen LogP contribution in [0.15, 0.2) is 30.5 Å². The lowest BCUT2D eigenvalue weighted by molar-refractivity contribution is -0.121. The molecule has 1 aromatic carbocycles. The van der Waals surface area contributed by atoms with Crippen molar-refractivity contribution in [3.63, 3.8) is 0 Å². The first kappa shape index (κ1) is 14.8. The molecular formula is C16H16N6OS. The van der Waals surface area contributed by atoms with Crippen molar-refractivity contribution in [3.05, 3.63) is 47.0 Å². The van der Waals surface area contributed by atoms with E-state index in [2.05, 4.69) is 25.4 Å². The zero-order valence-corrected chi connectivity index (χ0v) is 13.9. The van der Waals surface area contributed by atoms with Crippen LogP contribution in [0.25, 0.3) is 16.0 Å². The maximum Gasteiger partial charge on any atom is 0.220 e. The molecule has 4 rings (SSSR count). The highest BCUT2D eigenvalue weighted by Gasteiger charge is 2.09. The molecule has 2 N–H and O–H groups in total. The summed E-state index contributed by atoms with van der Waals surface area (Å²) in [4.78, 5) is 25.0. The summed E-state index contributed by atoms with van der Waals surface area (Å²) in [6.45, 7) is 2.35. The average Bonchev–Trinajstić information content (AvgIpc) is 3.22. The van der Waals surface area contributed by atoms with Crippen LogP contribution in [0.3, 0.4) is 0 Å². The van der Waals surface area contributed by atoms with Crippen molar-refractivity contribution < 1.29 is 4.79 Å². The number of carbonyl (C=O) groups excluding carboxylic acids is 1. The number of H-pyrrole nitrogens is 1. The summed E-state index contributed by atoms with van der Waals surface area (Å²) < 4.78 is 1.75. The summed E-state index contributed by atoms with van der Waals surface area (Å²) in [5, 5.41) is 8.17. The molecule has 8 heteroatoms. The van der Waals surface area contributed by atoms with Gasteiger partial charge in [-0.15, -0.1) is 0 Å². The predicted octanol–water partition coefficient (Wildman–Crippen LogP) is 2.22. The molecule has 0 saturated carbocycles. The number of rotatable bonds is 5. The molecule has 7 nitrogen and oxygen atoms in total. The maximum atomic E-state index is 12.0. The van der Waals surface area contributed by atoms with Crippen LogP contribution < -0.4 is 5.32 Å². The molecule has 0 aliphatic heterocycles. The van der Waals surface area contributed by atoms with Crippen LogP contribution in [0, 0.1) is 6.92 Å². The Labute approximate surface area is 141 Å². The van der Waals surface area contributed by atoms with E-state index in [1.54, 1.807) is 4.52 Å². The van der Waals surface area contributed by atoms with Crippen LogP contribution in [0.1, 0.15) is 22.9 Å². The van der Waals surface area contributed by atoms with Crippen molar-refractivity contribution >= 4 is 33.2 Å². The first-order valence-corrected chi connectivity index (χ1v) is 8.51. The molecule has 0 unspecified atom stereocenters. The van der Waals surface area contributed by atoms with Crippen LogP contribution in [0.4, 0.5) is 0 Å². The van der Waals surface area contributed by atoms with Crippen molar-refractivity contribution in [2.45, 2.75) is 26.3 Å². The SMILES string of the molecule is Cc1nn2cc(CNC(=O)CCc3nc4ccccc4[nH]3)nc2s1. The lowest BCUT2D eigenvalue weighted by atomic mass is 10.3. The van der Waals surface area contributed by atoms with Crippen molar-refractivity contribution in [2.24, 2.45) is 0 Å². The van der Waals surface area contributed by atoms with E-state index >= 15 is 0 Å². The molecule has 1 amide bonds. The van der Waals surface area contributed by atoms with E-state index in [4.69, 9.17) is 0 Å². The summed E-state index contributed by atoms with van der Waals surface area (Å²) in [7, 11) is 0. The van der Waals surface area contributed by atoms with Gasteiger partial charge in [-0.1, -0.05) is 23.5 Å². The summed E-state index contributed by atoms with van der Waals surface area (Å²) in [6.07, 6.45) is 2.82. The van der Waals surface area contributed by atoms with Gasteiger partial charge in [-0.2, -0.15) is 5.10 Å².